The number of nitrogens with zero attached hydrogens (tertiary/aromatic N) is 1. The third-order valence-corrected chi connectivity index (χ3v) is 2.89. The molecule has 0 radical (unpaired) electrons. The molecule has 0 bridgehead atoms. The van der Waals surface area contributed by atoms with Gasteiger partial charge in [0.2, 0.25) is 0 Å². The molecule has 3 nitrogen and oxygen atoms in total. The lowest BCUT2D eigenvalue weighted by atomic mass is 9.95. The van der Waals surface area contributed by atoms with Crippen molar-refractivity contribution in [3.8, 4) is 0 Å². The Morgan fingerprint density at radius 1 is 1.56 bits per heavy atom. The number of nitrogens with one attached hydrogen (secondary N) is 1. The number of ketones is 1. The fraction of sp³-hybridized carbons (Fsp3) is 0.385. The van der Waals surface area contributed by atoms with E-state index in [0.717, 1.165) is 29.4 Å². The second-order valence-electron chi connectivity index (χ2n) is 4.16. The highest BCUT2D eigenvalue weighted by Crippen LogP contribution is 2.21. The quantitative estimate of drug-likeness (QED) is 0.798. The second kappa shape index (κ2) is 4.47. The van der Waals surface area contributed by atoms with E-state index in [1.54, 1.807) is 12.4 Å². The molecule has 84 valence electrons. The average molecular weight is 216 g/mol. The third-order valence-electron chi connectivity index (χ3n) is 2.89. The van der Waals surface area contributed by atoms with E-state index < -0.39 is 0 Å². The standard InChI is InChI=1S/C13H16N2O/c1-3-5-9(2)12(16)11-8-15-13-10(11)6-4-7-14-13/h4,6-9H,3,5H2,1-2H3,(H,14,15). The molecule has 0 aliphatic rings. The van der Waals surface area contributed by atoms with Crippen LogP contribution in [0.15, 0.2) is 24.5 Å². The van der Waals surface area contributed by atoms with Crippen LogP contribution in [0, 0.1) is 5.92 Å². The van der Waals surface area contributed by atoms with E-state index >= 15 is 0 Å². The van der Waals surface area contributed by atoms with E-state index in [1.165, 1.54) is 0 Å². The molecule has 0 aliphatic heterocycles. The fourth-order valence-corrected chi connectivity index (χ4v) is 1.99. The number of aromatic nitrogens is 2. The maximum Gasteiger partial charge on any atom is 0.167 e. The number of carbonyl (C=O) groups is 1. The summed E-state index contributed by atoms with van der Waals surface area (Å²) < 4.78 is 0. The van der Waals surface area contributed by atoms with E-state index in [0.29, 0.717) is 0 Å². The van der Waals surface area contributed by atoms with Gasteiger partial charge in [-0.1, -0.05) is 20.3 Å². The Bertz CT molecular complexity index is 501. The number of carbonyl (C=O) groups excluding carboxylic acids is 1. The smallest absolute Gasteiger partial charge is 0.167 e. The monoisotopic (exact) mass is 216 g/mol. The summed E-state index contributed by atoms with van der Waals surface area (Å²) in [5.74, 6) is 0.297. The summed E-state index contributed by atoms with van der Waals surface area (Å²) in [4.78, 5) is 19.4. The highest BCUT2D eigenvalue weighted by Gasteiger charge is 2.17. The van der Waals surface area contributed by atoms with Crippen LogP contribution >= 0.6 is 0 Å². The van der Waals surface area contributed by atoms with Gasteiger partial charge in [-0.25, -0.2) is 4.98 Å². The second-order valence-corrected chi connectivity index (χ2v) is 4.16. The number of hydrogen-bond donors (Lipinski definition) is 1. The van der Waals surface area contributed by atoms with Crippen molar-refractivity contribution in [1.82, 2.24) is 9.97 Å². The Kier molecular flexibility index (Phi) is 3.04. The van der Waals surface area contributed by atoms with Crippen molar-refractivity contribution in [3.63, 3.8) is 0 Å². The zero-order valence-corrected chi connectivity index (χ0v) is 9.66. The molecule has 0 saturated carbocycles. The summed E-state index contributed by atoms with van der Waals surface area (Å²) >= 11 is 0. The van der Waals surface area contributed by atoms with Gasteiger partial charge >= 0.3 is 0 Å². The highest BCUT2D eigenvalue weighted by atomic mass is 16.1. The van der Waals surface area contributed by atoms with Crippen LogP contribution in [-0.2, 0) is 0 Å². The number of hydrogen-bond acceptors (Lipinski definition) is 2. The van der Waals surface area contributed by atoms with Crippen LogP contribution in [0.2, 0.25) is 0 Å². The first-order valence-corrected chi connectivity index (χ1v) is 5.70. The summed E-state index contributed by atoms with van der Waals surface area (Å²) in [5.41, 5.74) is 1.55. The fourth-order valence-electron chi connectivity index (χ4n) is 1.99. The van der Waals surface area contributed by atoms with Crippen molar-refractivity contribution in [3.05, 3.63) is 30.1 Å². The lowest BCUT2D eigenvalue weighted by Gasteiger charge is -2.07. The Hall–Kier alpha value is -1.64. The SMILES string of the molecule is CCCC(C)C(=O)c1c[nH]c2ncccc12. The Balaban J connectivity index is 2.36. The van der Waals surface area contributed by atoms with Crippen LogP contribution < -0.4 is 0 Å². The first-order valence-electron chi connectivity index (χ1n) is 5.70. The Morgan fingerprint density at radius 3 is 3.12 bits per heavy atom. The van der Waals surface area contributed by atoms with Gasteiger partial charge in [-0.15, -0.1) is 0 Å². The molecule has 0 aromatic carbocycles. The van der Waals surface area contributed by atoms with Gasteiger partial charge in [0.25, 0.3) is 0 Å². The van der Waals surface area contributed by atoms with Crippen LogP contribution in [0.25, 0.3) is 11.0 Å². The molecule has 2 rings (SSSR count). The Morgan fingerprint density at radius 2 is 2.38 bits per heavy atom. The lowest BCUT2D eigenvalue weighted by molar-refractivity contribution is 0.0925. The predicted octanol–water partition coefficient (Wildman–Crippen LogP) is 3.18. The number of aromatic amines is 1. The summed E-state index contributed by atoms with van der Waals surface area (Å²) in [6, 6.07) is 3.79. The molecule has 2 heterocycles. The maximum absolute atomic E-state index is 12.2. The molecule has 0 fully saturated rings. The largest absolute Gasteiger partial charge is 0.345 e. The van der Waals surface area contributed by atoms with Crippen LogP contribution in [0.1, 0.15) is 37.0 Å². The molecule has 3 heteroatoms. The molecule has 0 amide bonds. The topological polar surface area (TPSA) is 45.8 Å². The molecule has 0 spiro atoms. The first-order chi connectivity index (χ1) is 7.74. The minimum absolute atomic E-state index is 0.0872. The summed E-state index contributed by atoms with van der Waals surface area (Å²) in [6.45, 7) is 4.08. The highest BCUT2D eigenvalue weighted by molar-refractivity contribution is 6.07. The summed E-state index contributed by atoms with van der Waals surface area (Å²) in [5, 5.41) is 0.926. The number of H-pyrrole nitrogens is 1. The lowest BCUT2D eigenvalue weighted by Crippen LogP contribution is -2.10. The summed E-state index contributed by atoms with van der Waals surface area (Å²) in [6.07, 6.45) is 5.47. The minimum atomic E-state index is 0.0872. The molecule has 2 aromatic heterocycles. The normalized spacial score (nSPS) is 12.9. The molecule has 1 unspecified atom stereocenters. The maximum atomic E-state index is 12.2. The number of pyridine rings is 1. The van der Waals surface area contributed by atoms with Gasteiger partial charge in [-0.2, -0.15) is 0 Å². The van der Waals surface area contributed by atoms with Crippen molar-refractivity contribution in [2.75, 3.05) is 0 Å². The van der Waals surface area contributed by atoms with Gasteiger partial charge in [0.05, 0.1) is 0 Å². The van der Waals surface area contributed by atoms with Crippen LogP contribution in [0.4, 0.5) is 0 Å². The molecule has 0 saturated heterocycles. The van der Waals surface area contributed by atoms with Gasteiger partial charge in [0.15, 0.2) is 5.78 Å². The van der Waals surface area contributed by atoms with Crippen molar-refractivity contribution < 1.29 is 4.79 Å². The van der Waals surface area contributed by atoms with E-state index in [4.69, 9.17) is 0 Å². The van der Waals surface area contributed by atoms with Gasteiger partial charge in [-0.05, 0) is 18.6 Å². The molecule has 1 N–H and O–H groups in total. The molecular formula is C13H16N2O. The van der Waals surface area contributed by atoms with E-state index in [2.05, 4.69) is 16.9 Å². The van der Waals surface area contributed by atoms with Crippen LogP contribution in [0.5, 0.6) is 0 Å². The van der Waals surface area contributed by atoms with E-state index in [1.807, 2.05) is 19.1 Å². The minimum Gasteiger partial charge on any atom is -0.345 e. The molecule has 1 atom stereocenters. The number of fused-ring (bicyclic) bond motifs is 1. The zero-order chi connectivity index (χ0) is 11.5. The van der Waals surface area contributed by atoms with Crippen molar-refractivity contribution >= 4 is 16.8 Å². The van der Waals surface area contributed by atoms with Crippen LogP contribution in [0.3, 0.4) is 0 Å². The number of rotatable bonds is 4. The third kappa shape index (κ3) is 1.85. The predicted molar refractivity (Wildman–Crippen MR) is 64.5 cm³/mol. The van der Waals surface area contributed by atoms with Gasteiger partial charge < -0.3 is 4.98 Å². The van der Waals surface area contributed by atoms with E-state index in [9.17, 15) is 4.79 Å². The van der Waals surface area contributed by atoms with Gasteiger partial charge in [0.1, 0.15) is 5.65 Å². The Labute approximate surface area is 94.9 Å². The first kappa shape index (κ1) is 10.9. The van der Waals surface area contributed by atoms with Gasteiger partial charge in [-0.3, -0.25) is 4.79 Å². The van der Waals surface area contributed by atoms with Crippen molar-refractivity contribution in [2.24, 2.45) is 5.92 Å². The molecule has 16 heavy (non-hydrogen) atoms. The molecule has 0 aliphatic carbocycles. The van der Waals surface area contributed by atoms with Crippen LogP contribution in [-0.4, -0.2) is 15.8 Å². The average Bonchev–Trinajstić information content (AvgIpc) is 2.72. The number of Topliss-reactive ketones (excluding diaryl/α,β-unsaturated/α-hetero) is 1. The zero-order valence-electron chi connectivity index (χ0n) is 9.66. The molecule has 2 aromatic rings. The van der Waals surface area contributed by atoms with Crippen molar-refractivity contribution in [1.29, 1.82) is 0 Å². The van der Waals surface area contributed by atoms with Crippen molar-refractivity contribution in [2.45, 2.75) is 26.7 Å². The summed E-state index contributed by atoms with van der Waals surface area (Å²) in [7, 11) is 0. The van der Waals surface area contributed by atoms with E-state index in [-0.39, 0.29) is 11.7 Å². The molecular weight excluding hydrogens is 200 g/mol. The van der Waals surface area contributed by atoms with Gasteiger partial charge in [0, 0.05) is 29.3 Å².